The molecule has 0 aromatic heterocycles. The zero-order chi connectivity index (χ0) is 24.6. The van der Waals surface area contributed by atoms with Crippen LogP contribution in [0.4, 0.5) is 11.4 Å². The Kier molecular flexibility index (Phi) is 8.56. The molecule has 9 heteroatoms. The van der Waals surface area contributed by atoms with Gasteiger partial charge in [-0.3, -0.25) is 9.10 Å². The first kappa shape index (κ1) is 25.1. The van der Waals surface area contributed by atoms with Crippen molar-refractivity contribution < 1.29 is 22.7 Å². The number of carbonyl (C=O) groups is 1. The molecular weight excluding hydrogens is 476 g/mol. The van der Waals surface area contributed by atoms with Gasteiger partial charge in [0.25, 0.3) is 10.0 Å². The van der Waals surface area contributed by atoms with E-state index in [1.165, 1.54) is 24.3 Å². The highest BCUT2D eigenvalue weighted by molar-refractivity contribution is 7.92. The van der Waals surface area contributed by atoms with Gasteiger partial charge in [-0.2, -0.15) is 0 Å². The normalized spacial score (nSPS) is 10.9. The van der Waals surface area contributed by atoms with Crippen molar-refractivity contribution in [2.45, 2.75) is 11.8 Å². The number of para-hydroxylation sites is 2. The quantitative estimate of drug-likeness (QED) is 0.368. The van der Waals surface area contributed by atoms with Crippen LogP contribution in [0.1, 0.15) is 6.92 Å². The maximum absolute atomic E-state index is 13.6. The molecule has 3 aromatic carbocycles. The Morgan fingerprint density at radius 3 is 2.50 bits per heavy atom. The lowest BCUT2D eigenvalue weighted by atomic mass is 10.3. The molecule has 1 N–H and O–H groups in total. The van der Waals surface area contributed by atoms with Crippen molar-refractivity contribution in [2.24, 2.45) is 0 Å². The second-order valence-electron chi connectivity index (χ2n) is 7.04. The highest BCUT2D eigenvalue weighted by Crippen LogP contribution is 2.33. The Morgan fingerprint density at radius 1 is 1.06 bits per heavy atom. The first-order chi connectivity index (χ1) is 16.3. The number of benzene rings is 3. The van der Waals surface area contributed by atoms with Crippen molar-refractivity contribution in [1.82, 2.24) is 0 Å². The maximum Gasteiger partial charge on any atom is 0.264 e. The SMILES string of the molecule is C=CCOc1cccc(NC(=O)CN(c2ccccc2OCC)S(=O)(=O)c2ccc(Cl)cc2)c1. The van der Waals surface area contributed by atoms with Gasteiger partial charge in [-0.1, -0.05) is 42.5 Å². The third kappa shape index (κ3) is 6.30. The van der Waals surface area contributed by atoms with Crippen molar-refractivity contribution in [2.75, 3.05) is 29.4 Å². The van der Waals surface area contributed by atoms with E-state index in [0.29, 0.717) is 35.4 Å². The van der Waals surface area contributed by atoms with Gasteiger partial charge in [-0.05, 0) is 55.5 Å². The van der Waals surface area contributed by atoms with E-state index in [-0.39, 0.29) is 10.6 Å². The fourth-order valence-corrected chi connectivity index (χ4v) is 4.68. The summed E-state index contributed by atoms with van der Waals surface area (Å²) in [6.45, 7) is 5.57. The van der Waals surface area contributed by atoms with Gasteiger partial charge in [-0.15, -0.1) is 0 Å². The predicted molar refractivity (Wildman–Crippen MR) is 134 cm³/mol. The number of nitrogens with zero attached hydrogens (tertiary/aromatic N) is 1. The number of amides is 1. The third-order valence-electron chi connectivity index (χ3n) is 4.61. The van der Waals surface area contributed by atoms with E-state index in [0.717, 1.165) is 4.31 Å². The molecule has 0 radical (unpaired) electrons. The van der Waals surface area contributed by atoms with Crippen LogP contribution in [-0.2, 0) is 14.8 Å². The molecule has 3 aromatic rings. The fraction of sp³-hybridized carbons (Fsp3) is 0.160. The molecule has 0 bridgehead atoms. The number of halogens is 1. The Morgan fingerprint density at radius 2 is 1.79 bits per heavy atom. The van der Waals surface area contributed by atoms with Crippen LogP contribution in [-0.4, -0.2) is 34.1 Å². The first-order valence-corrected chi connectivity index (χ1v) is 12.3. The summed E-state index contributed by atoms with van der Waals surface area (Å²) in [7, 11) is -4.12. The lowest BCUT2D eigenvalue weighted by molar-refractivity contribution is -0.114. The standard InChI is InChI=1S/C25H25ClN2O5S/c1-3-16-33-21-9-7-8-20(17-21)27-25(29)18-28(23-10-5-6-11-24(23)32-4-2)34(30,31)22-14-12-19(26)13-15-22/h3,5-15,17H,1,4,16,18H2,2H3,(H,27,29). The summed E-state index contributed by atoms with van der Waals surface area (Å²) in [6, 6.07) is 19.2. The number of ether oxygens (including phenoxy) is 2. The Bertz CT molecular complexity index is 1250. The average Bonchev–Trinajstić information content (AvgIpc) is 2.82. The maximum atomic E-state index is 13.6. The molecule has 0 unspecified atom stereocenters. The van der Waals surface area contributed by atoms with Crippen LogP contribution in [0.5, 0.6) is 11.5 Å². The Balaban J connectivity index is 1.94. The van der Waals surface area contributed by atoms with E-state index in [9.17, 15) is 13.2 Å². The van der Waals surface area contributed by atoms with Crippen LogP contribution < -0.4 is 19.1 Å². The molecule has 0 aliphatic carbocycles. The van der Waals surface area contributed by atoms with E-state index >= 15 is 0 Å². The second-order valence-corrected chi connectivity index (χ2v) is 9.34. The van der Waals surface area contributed by atoms with Gasteiger partial charge >= 0.3 is 0 Å². The summed E-state index contributed by atoms with van der Waals surface area (Å²) in [5.41, 5.74) is 0.714. The molecule has 0 atom stereocenters. The fourth-order valence-electron chi connectivity index (χ4n) is 3.12. The van der Waals surface area contributed by atoms with E-state index in [2.05, 4.69) is 11.9 Å². The van der Waals surface area contributed by atoms with Gasteiger partial charge in [0.05, 0.1) is 17.2 Å². The first-order valence-electron chi connectivity index (χ1n) is 10.5. The van der Waals surface area contributed by atoms with Crippen molar-refractivity contribution >= 4 is 38.9 Å². The third-order valence-corrected chi connectivity index (χ3v) is 6.63. The number of carbonyl (C=O) groups excluding carboxylic acids is 1. The zero-order valence-electron chi connectivity index (χ0n) is 18.6. The number of sulfonamides is 1. The zero-order valence-corrected chi connectivity index (χ0v) is 20.2. The van der Waals surface area contributed by atoms with E-state index < -0.39 is 22.5 Å². The highest BCUT2D eigenvalue weighted by atomic mass is 35.5. The van der Waals surface area contributed by atoms with E-state index in [4.69, 9.17) is 21.1 Å². The largest absolute Gasteiger partial charge is 0.492 e. The van der Waals surface area contributed by atoms with Crippen LogP contribution in [0.25, 0.3) is 0 Å². The molecule has 0 saturated heterocycles. The van der Waals surface area contributed by atoms with Gasteiger partial charge in [0.2, 0.25) is 5.91 Å². The molecule has 0 aliphatic heterocycles. The number of hydrogen-bond acceptors (Lipinski definition) is 5. The van der Waals surface area contributed by atoms with Gasteiger partial charge in [-0.25, -0.2) is 8.42 Å². The van der Waals surface area contributed by atoms with Crippen LogP contribution in [0.2, 0.25) is 5.02 Å². The lowest BCUT2D eigenvalue weighted by Gasteiger charge is -2.26. The molecular formula is C25H25ClN2O5S. The van der Waals surface area contributed by atoms with E-state index in [1.807, 2.05) is 0 Å². The van der Waals surface area contributed by atoms with Gasteiger partial charge in [0.15, 0.2) is 0 Å². The lowest BCUT2D eigenvalue weighted by Crippen LogP contribution is -2.38. The Labute approximate surface area is 204 Å². The predicted octanol–water partition coefficient (Wildman–Crippen LogP) is 5.14. The summed E-state index contributed by atoms with van der Waals surface area (Å²) in [6.07, 6.45) is 1.61. The molecule has 0 heterocycles. The smallest absolute Gasteiger partial charge is 0.264 e. The van der Waals surface area contributed by atoms with Gasteiger partial charge in [0, 0.05) is 16.8 Å². The monoisotopic (exact) mass is 500 g/mol. The molecule has 3 rings (SSSR count). The minimum atomic E-state index is -4.12. The summed E-state index contributed by atoms with van der Waals surface area (Å²) in [5, 5.41) is 3.13. The molecule has 34 heavy (non-hydrogen) atoms. The van der Waals surface area contributed by atoms with Crippen molar-refractivity contribution in [1.29, 1.82) is 0 Å². The van der Waals surface area contributed by atoms with Crippen molar-refractivity contribution in [3.05, 3.63) is 90.5 Å². The highest BCUT2D eigenvalue weighted by Gasteiger charge is 2.29. The van der Waals surface area contributed by atoms with Gasteiger partial charge < -0.3 is 14.8 Å². The van der Waals surface area contributed by atoms with Crippen molar-refractivity contribution in [3.63, 3.8) is 0 Å². The molecule has 0 saturated carbocycles. The Hall–Kier alpha value is -3.49. The summed E-state index contributed by atoms with van der Waals surface area (Å²) >= 11 is 5.94. The minimum Gasteiger partial charge on any atom is -0.492 e. The number of rotatable bonds is 11. The summed E-state index contributed by atoms with van der Waals surface area (Å²) in [5.74, 6) is 0.352. The summed E-state index contributed by atoms with van der Waals surface area (Å²) in [4.78, 5) is 13.0. The molecule has 0 aliphatic rings. The number of anilines is 2. The number of nitrogens with one attached hydrogen (secondary N) is 1. The number of hydrogen-bond donors (Lipinski definition) is 1. The molecule has 0 fully saturated rings. The topological polar surface area (TPSA) is 84.9 Å². The molecule has 1 amide bonds. The second kappa shape index (κ2) is 11.6. The summed E-state index contributed by atoms with van der Waals surface area (Å²) < 4.78 is 39.3. The van der Waals surface area contributed by atoms with Crippen LogP contribution >= 0.6 is 11.6 Å². The van der Waals surface area contributed by atoms with Crippen LogP contribution in [0.3, 0.4) is 0 Å². The van der Waals surface area contributed by atoms with Crippen LogP contribution in [0.15, 0.2) is 90.3 Å². The van der Waals surface area contributed by atoms with Gasteiger partial charge in [0.1, 0.15) is 24.7 Å². The minimum absolute atomic E-state index is 0.00387. The van der Waals surface area contributed by atoms with E-state index in [1.54, 1.807) is 61.5 Å². The molecule has 0 spiro atoms. The molecule has 178 valence electrons. The average molecular weight is 501 g/mol. The molecule has 7 nitrogen and oxygen atoms in total. The van der Waals surface area contributed by atoms with Crippen LogP contribution in [0, 0.1) is 0 Å². The van der Waals surface area contributed by atoms with Crippen molar-refractivity contribution in [3.8, 4) is 11.5 Å².